The number of nitrogens with one attached hydrogen (secondary N) is 1. The molecule has 2 aromatic carbocycles. The smallest absolute Gasteiger partial charge is 0.258 e. The Labute approximate surface area is 151 Å². The van der Waals surface area contributed by atoms with E-state index >= 15 is 0 Å². The minimum atomic E-state index is -0.272. The highest BCUT2D eigenvalue weighted by Gasteiger charge is 2.30. The zero-order chi connectivity index (χ0) is 18.4. The first kappa shape index (κ1) is 17.9. The molecule has 26 heavy (non-hydrogen) atoms. The van der Waals surface area contributed by atoms with Gasteiger partial charge >= 0.3 is 0 Å². The summed E-state index contributed by atoms with van der Waals surface area (Å²) in [5.74, 6) is 0.131. The van der Waals surface area contributed by atoms with Gasteiger partial charge in [0.25, 0.3) is 5.91 Å². The van der Waals surface area contributed by atoms with Gasteiger partial charge in [0.05, 0.1) is 6.04 Å². The van der Waals surface area contributed by atoms with Gasteiger partial charge in [-0.25, -0.2) is 4.39 Å². The Morgan fingerprint density at radius 3 is 2.62 bits per heavy atom. The van der Waals surface area contributed by atoms with Gasteiger partial charge in [-0.15, -0.1) is 0 Å². The van der Waals surface area contributed by atoms with Crippen LogP contribution in [-0.2, 0) is 16.0 Å². The topological polar surface area (TPSA) is 58.6 Å². The summed E-state index contributed by atoms with van der Waals surface area (Å²) in [6, 6.07) is 15.2. The molecule has 0 aliphatic carbocycles. The molecule has 2 aromatic rings. The monoisotopic (exact) mass is 356 g/mol. The summed E-state index contributed by atoms with van der Waals surface area (Å²) < 4.78 is 18.3. The van der Waals surface area contributed by atoms with Gasteiger partial charge in [0, 0.05) is 19.5 Å². The number of benzene rings is 2. The molecule has 1 atom stereocenters. The van der Waals surface area contributed by atoms with Crippen molar-refractivity contribution in [3.05, 3.63) is 66.0 Å². The predicted octanol–water partition coefficient (Wildman–Crippen LogP) is 2.16. The molecule has 136 valence electrons. The molecule has 1 aliphatic heterocycles. The van der Waals surface area contributed by atoms with Crippen molar-refractivity contribution < 1.29 is 18.7 Å². The van der Waals surface area contributed by atoms with Gasteiger partial charge in [0.2, 0.25) is 5.91 Å². The van der Waals surface area contributed by atoms with Crippen LogP contribution in [0.5, 0.6) is 5.75 Å². The van der Waals surface area contributed by atoms with E-state index in [0.717, 1.165) is 5.56 Å². The second kappa shape index (κ2) is 8.47. The van der Waals surface area contributed by atoms with Crippen LogP contribution in [0, 0.1) is 5.82 Å². The van der Waals surface area contributed by atoms with E-state index in [9.17, 15) is 14.0 Å². The van der Waals surface area contributed by atoms with Gasteiger partial charge in [-0.2, -0.15) is 0 Å². The van der Waals surface area contributed by atoms with Crippen molar-refractivity contribution in [2.75, 3.05) is 19.7 Å². The fraction of sp³-hybridized carbons (Fsp3) is 0.300. The summed E-state index contributed by atoms with van der Waals surface area (Å²) in [6.45, 7) is 0.957. The van der Waals surface area contributed by atoms with Gasteiger partial charge in [-0.05, 0) is 36.2 Å². The largest absolute Gasteiger partial charge is 0.484 e. The molecule has 0 spiro atoms. The Hall–Kier alpha value is -2.89. The first-order valence-electron chi connectivity index (χ1n) is 8.59. The molecule has 6 heteroatoms. The normalized spacial score (nSPS) is 16.6. The summed E-state index contributed by atoms with van der Waals surface area (Å²) in [6.07, 6.45) is 0.949. The first-order valence-corrected chi connectivity index (χ1v) is 8.59. The van der Waals surface area contributed by atoms with Crippen molar-refractivity contribution >= 4 is 11.8 Å². The number of para-hydroxylation sites is 1. The van der Waals surface area contributed by atoms with Gasteiger partial charge in [-0.1, -0.05) is 30.3 Å². The Balaban J connectivity index is 1.42. The Morgan fingerprint density at radius 1 is 1.15 bits per heavy atom. The minimum Gasteiger partial charge on any atom is -0.484 e. The van der Waals surface area contributed by atoms with Crippen molar-refractivity contribution in [1.29, 1.82) is 0 Å². The standard InChI is InChI=1S/C20H21FN2O3/c21-16-8-6-15(7-9-16)10-11-23-13-17(12-20(23)25)22-19(24)14-26-18-4-2-1-3-5-18/h1-9,17H,10-14H2,(H,22,24)/t17-/m1/s1. The third-order valence-corrected chi connectivity index (χ3v) is 4.28. The average Bonchev–Trinajstić information content (AvgIpc) is 2.99. The van der Waals surface area contributed by atoms with Crippen LogP contribution in [-0.4, -0.2) is 42.5 Å². The lowest BCUT2D eigenvalue weighted by Gasteiger charge is -2.17. The van der Waals surface area contributed by atoms with E-state index in [-0.39, 0.29) is 30.3 Å². The maximum absolute atomic E-state index is 12.9. The molecule has 3 rings (SSSR count). The third kappa shape index (κ3) is 5.05. The molecule has 0 radical (unpaired) electrons. The number of carbonyl (C=O) groups is 2. The molecule has 1 heterocycles. The Kier molecular flexibility index (Phi) is 5.84. The Morgan fingerprint density at radius 2 is 1.88 bits per heavy atom. The molecule has 0 bridgehead atoms. The lowest BCUT2D eigenvalue weighted by Crippen LogP contribution is -2.39. The maximum Gasteiger partial charge on any atom is 0.258 e. The number of halogens is 1. The average molecular weight is 356 g/mol. The van der Waals surface area contributed by atoms with Crippen molar-refractivity contribution in [1.82, 2.24) is 10.2 Å². The van der Waals surface area contributed by atoms with Crippen LogP contribution in [0.2, 0.25) is 0 Å². The number of hydrogen-bond donors (Lipinski definition) is 1. The summed E-state index contributed by atoms with van der Waals surface area (Å²) in [7, 11) is 0. The molecule has 1 N–H and O–H groups in total. The predicted molar refractivity (Wildman–Crippen MR) is 95.2 cm³/mol. The zero-order valence-corrected chi connectivity index (χ0v) is 14.4. The lowest BCUT2D eigenvalue weighted by atomic mass is 10.1. The molecule has 0 saturated carbocycles. The van der Waals surface area contributed by atoms with E-state index in [4.69, 9.17) is 4.74 Å². The molecule has 1 fully saturated rings. The van der Waals surface area contributed by atoms with E-state index in [1.807, 2.05) is 18.2 Å². The second-order valence-electron chi connectivity index (χ2n) is 6.29. The fourth-order valence-electron chi connectivity index (χ4n) is 2.94. The molecule has 1 saturated heterocycles. The number of nitrogens with zero attached hydrogens (tertiary/aromatic N) is 1. The van der Waals surface area contributed by atoms with Crippen LogP contribution in [0.4, 0.5) is 4.39 Å². The fourth-order valence-corrected chi connectivity index (χ4v) is 2.94. The van der Waals surface area contributed by atoms with Crippen LogP contribution in [0.15, 0.2) is 54.6 Å². The first-order chi connectivity index (χ1) is 12.6. The molecule has 0 unspecified atom stereocenters. The maximum atomic E-state index is 12.9. The summed E-state index contributed by atoms with van der Waals surface area (Å²) in [5.41, 5.74) is 0.975. The molecular formula is C20H21FN2O3. The summed E-state index contributed by atoms with van der Waals surface area (Å²) >= 11 is 0. The van der Waals surface area contributed by atoms with E-state index in [1.54, 1.807) is 29.2 Å². The number of likely N-dealkylation sites (tertiary alicyclic amines) is 1. The Bertz CT molecular complexity index is 749. The zero-order valence-electron chi connectivity index (χ0n) is 14.4. The quantitative estimate of drug-likeness (QED) is 0.827. The number of hydrogen-bond acceptors (Lipinski definition) is 3. The van der Waals surface area contributed by atoms with Crippen LogP contribution >= 0.6 is 0 Å². The number of ether oxygens (including phenoxy) is 1. The minimum absolute atomic E-state index is 0.0152. The highest BCUT2D eigenvalue weighted by molar-refractivity contribution is 5.82. The molecule has 1 aliphatic rings. The number of amides is 2. The van der Waals surface area contributed by atoms with Crippen molar-refractivity contribution in [2.24, 2.45) is 0 Å². The highest BCUT2D eigenvalue weighted by Crippen LogP contribution is 2.13. The van der Waals surface area contributed by atoms with E-state index < -0.39 is 0 Å². The SMILES string of the molecule is O=C(COc1ccccc1)N[C@@H]1CC(=O)N(CCc2ccc(F)cc2)C1. The number of rotatable bonds is 7. The van der Waals surface area contributed by atoms with E-state index in [2.05, 4.69) is 5.32 Å². The van der Waals surface area contributed by atoms with Crippen molar-refractivity contribution in [3.8, 4) is 5.75 Å². The summed E-state index contributed by atoms with van der Waals surface area (Å²) in [4.78, 5) is 25.8. The van der Waals surface area contributed by atoms with Gasteiger partial charge in [0.15, 0.2) is 6.61 Å². The second-order valence-corrected chi connectivity index (χ2v) is 6.29. The molecule has 5 nitrogen and oxygen atoms in total. The van der Waals surface area contributed by atoms with E-state index in [1.165, 1.54) is 12.1 Å². The van der Waals surface area contributed by atoms with Crippen LogP contribution in [0.3, 0.4) is 0 Å². The van der Waals surface area contributed by atoms with Gasteiger partial charge in [-0.3, -0.25) is 9.59 Å². The summed E-state index contributed by atoms with van der Waals surface area (Å²) in [5, 5.41) is 2.84. The van der Waals surface area contributed by atoms with Gasteiger partial charge in [0.1, 0.15) is 11.6 Å². The molecular weight excluding hydrogens is 335 g/mol. The van der Waals surface area contributed by atoms with E-state index in [0.29, 0.717) is 31.7 Å². The molecule has 0 aromatic heterocycles. The number of carbonyl (C=O) groups excluding carboxylic acids is 2. The van der Waals surface area contributed by atoms with Crippen LogP contribution in [0.25, 0.3) is 0 Å². The van der Waals surface area contributed by atoms with Crippen LogP contribution in [0.1, 0.15) is 12.0 Å². The highest BCUT2D eigenvalue weighted by atomic mass is 19.1. The third-order valence-electron chi connectivity index (χ3n) is 4.28. The van der Waals surface area contributed by atoms with Crippen molar-refractivity contribution in [2.45, 2.75) is 18.9 Å². The lowest BCUT2D eigenvalue weighted by molar-refractivity contribution is -0.127. The van der Waals surface area contributed by atoms with Crippen molar-refractivity contribution in [3.63, 3.8) is 0 Å². The van der Waals surface area contributed by atoms with Gasteiger partial charge < -0.3 is 15.0 Å². The molecule has 2 amide bonds. The van der Waals surface area contributed by atoms with Crippen LogP contribution < -0.4 is 10.1 Å².